The van der Waals surface area contributed by atoms with Gasteiger partial charge in [-0.2, -0.15) is 0 Å². The molecule has 1 amide bonds. The smallest absolute Gasteiger partial charge is 0.337 e. The van der Waals surface area contributed by atoms with Gasteiger partial charge in [0.15, 0.2) is 5.13 Å². The van der Waals surface area contributed by atoms with Crippen molar-refractivity contribution in [2.24, 2.45) is 0 Å². The maximum Gasteiger partial charge on any atom is 0.337 e. The van der Waals surface area contributed by atoms with Crippen molar-refractivity contribution in [3.8, 4) is 0 Å². The highest BCUT2D eigenvalue weighted by Gasteiger charge is 2.25. The van der Waals surface area contributed by atoms with Crippen LogP contribution in [-0.4, -0.2) is 58.7 Å². The average molecular weight is 458 g/mol. The fourth-order valence-electron chi connectivity index (χ4n) is 2.66. The number of benzene rings is 1. The van der Waals surface area contributed by atoms with E-state index in [1.165, 1.54) is 0 Å². The number of esters is 1. The first-order valence-electron chi connectivity index (χ1n) is 8.73. The third-order valence-corrected chi connectivity index (χ3v) is 6.69. The minimum absolute atomic E-state index is 0.154. The number of thiazole rings is 1. The monoisotopic (exact) mass is 458 g/mol. The first kappa shape index (κ1) is 22.1. The number of methoxy groups -OCH3 is 1. The molecule has 1 saturated heterocycles. The van der Waals surface area contributed by atoms with Crippen LogP contribution in [0.5, 0.6) is 0 Å². The lowest BCUT2D eigenvalue weighted by Crippen LogP contribution is -2.41. The van der Waals surface area contributed by atoms with Gasteiger partial charge in [-0.1, -0.05) is 11.3 Å². The molecular weight excluding hydrogens is 439 g/mol. The summed E-state index contributed by atoms with van der Waals surface area (Å²) in [6.07, 6.45) is 0. The third-order valence-electron chi connectivity index (χ3n) is 4.21. The highest BCUT2D eigenvalue weighted by Crippen LogP contribution is 2.26. The topological polar surface area (TPSA) is 127 Å². The summed E-state index contributed by atoms with van der Waals surface area (Å²) >= 11 is 1.11. The minimum Gasteiger partial charge on any atom is -0.465 e. The zero-order chi connectivity index (χ0) is 21.9. The van der Waals surface area contributed by atoms with Crippen LogP contribution in [0.4, 0.5) is 9.52 Å². The molecule has 1 fully saturated rings. The maximum absolute atomic E-state index is 14.0. The van der Waals surface area contributed by atoms with Crippen molar-refractivity contribution in [2.75, 3.05) is 38.3 Å². The van der Waals surface area contributed by atoms with Gasteiger partial charge < -0.3 is 14.4 Å². The number of morpholine rings is 1. The Morgan fingerprint density at radius 2 is 2.00 bits per heavy atom. The molecule has 30 heavy (non-hydrogen) atoms. The van der Waals surface area contributed by atoms with Crippen LogP contribution in [0.2, 0.25) is 0 Å². The number of amides is 1. The maximum atomic E-state index is 14.0. The van der Waals surface area contributed by atoms with Crippen LogP contribution in [0, 0.1) is 12.7 Å². The molecule has 2 heterocycles. The van der Waals surface area contributed by atoms with E-state index in [1.807, 2.05) is 9.73 Å². The Bertz CT molecular complexity index is 1070. The van der Waals surface area contributed by atoms with E-state index in [9.17, 15) is 22.4 Å². The van der Waals surface area contributed by atoms with Gasteiger partial charge in [-0.3, -0.25) is 10.2 Å². The number of ether oxygens (including phenoxy) is 2. The fourth-order valence-corrected chi connectivity index (χ4v) is 4.62. The summed E-state index contributed by atoms with van der Waals surface area (Å²) in [4.78, 5) is 31.6. The minimum atomic E-state index is -4.49. The van der Waals surface area contributed by atoms with Crippen LogP contribution >= 0.6 is 11.3 Å². The van der Waals surface area contributed by atoms with Crippen molar-refractivity contribution < 1.29 is 31.9 Å². The summed E-state index contributed by atoms with van der Waals surface area (Å²) in [5.74, 6) is -2.66. The number of hydrogen-bond donors (Lipinski definition) is 2. The largest absolute Gasteiger partial charge is 0.465 e. The lowest BCUT2D eigenvalue weighted by molar-refractivity contribution is 0.0600. The van der Waals surface area contributed by atoms with E-state index in [4.69, 9.17) is 4.74 Å². The lowest BCUT2D eigenvalue weighted by atomic mass is 10.2. The molecule has 1 aromatic heterocycles. The summed E-state index contributed by atoms with van der Waals surface area (Å²) < 4.78 is 48.7. The number of halogens is 1. The van der Waals surface area contributed by atoms with Crippen LogP contribution in [0.3, 0.4) is 0 Å². The van der Waals surface area contributed by atoms with E-state index in [2.05, 4.69) is 15.1 Å². The normalized spacial score (nSPS) is 14.4. The molecule has 1 aromatic carbocycles. The molecule has 162 valence electrons. The number of hydrazine groups is 1. The standard InChI is InChI=1S/C17H19FN4O6S2/c1-10-14(29-17(19-10)22-5-7-28-8-6-22)15(23)20-21-30(25,26)13-9-11(16(24)27-2)3-4-12(13)18/h3-4,9,21H,5-8H2,1-2H3,(H,20,23). The molecule has 0 atom stereocenters. The Hall–Kier alpha value is -2.61. The molecule has 2 aromatic rings. The van der Waals surface area contributed by atoms with Crippen LogP contribution in [0.1, 0.15) is 25.7 Å². The molecule has 0 unspecified atom stereocenters. The number of carbonyl (C=O) groups is 2. The van der Waals surface area contributed by atoms with E-state index in [0.717, 1.165) is 36.6 Å². The second-order valence-electron chi connectivity index (χ2n) is 6.21. The van der Waals surface area contributed by atoms with E-state index >= 15 is 0 Å². The number of aryl methyl sites for hydroxylation is 1. The van der Waals surface area contributed by atoms with Gasteiger partial charge in [0.25, 0.3) is 15.9 Å². The van der Waals surface area contributed by atoms with Gasteiger partial charge in [-0.15, -0.1) is 4.83 Å². The summed E-state index contributed by atoms with van der Waals surface area (Å²) in [5.41, 5.74) is 2.33. The number of carbonyl (C=O) groups excluding carboxylic acids is 2. The van der Waals surface area contributed by atoms with Crippen molar-refractivity contribution in [3.63, 3.8) is 0 Å². The van der Waals surface area contributed by atoms with E-state index < -0.39 is 32.6 Å². The second kappa shape index (κ2) is 9.04. The molecule has 0 bridgehead atoms. The van der Waals surface area contributed by atoms with E-state index in [-0.39, 0.29) is 10.4 Å². The fraction of sp³-hybridized carbons (Fsp3) is 0.353. The Morgan fingerprint density at radius 3 is 2.67 bits per heavy atom. The van der Waals surface area contributed by atoms with Gasteiger partial charge >= 0.3 is 5.97 Å². The van der Waals surface area contributed by atoms with Gasteiger partial charge in [0.1, 0.15) is 15.6 Å². The van der Waals surface area contributed by atoms with Crippen molar-refractivity contribution >= 4 is 38.4 Å². The molecule has 3 rings (SSSR count). The van der Waals surface area contributed by atoms with Crippen LogP contribution < -0.4 is 15.2 Å². The molecule has 0 saturated carbocycles. The zero-order valence-electron chi connectivity index (χ0n) is 16.1. The Kier molecular flexibility index (Phi) is 6.65. The number of rotatable bonds is 6. The van der Waals surface area contributed by atoms with Crippen LogP contribution in [-0.2, 0) is 19.5 Å². The highest BCUT2D eigenvalue weighted by atomic mass is 32.2. The first-order chi connectivity index (χ1) is 14.2. The molecule has 0 spiro atoms. The molecule has 1 aliphatic rings. The molecule has 13 heteroatoms. The molecular formula is C17H19FN4O6S2. The van der Waals surface area contributed by atoms with Gasteiger partial charge in [0.2, 0.25) is 0 Å². The third kappa shape index (κ3) is 4.75. The van der Waals surface area contributed by atoms with E-state index in [0.29, 0.717) is 37.1 Å². The van der Waals surface area contributed by atoms with E-state index in [1.54, 1.807) is 6.92 Å². The number of sulfonamides is 1. The van der Waals surface area contributed by atoms with Gasteiger partial charge in [0.05, 0.1) is 31.6 Å². The van der Waals surface area contributed by atoms with Gasteiger partial charge in [-0.25, -0.2) is 22.6 Å². The Morgan fingerprint density at radius 1 is 1.30 bits per heavy atom. The van der Waals surface area contributed by atoms with Gasteiger partial charge in [0, 0.05) is 13.1 Å². The van der Waals surface area contributed by atoms with Crippen molar-refractivity contribution in [1.82, 2.24) is 15.2 Å². The van der Waals surface area contributed by atoms with Crippen LogP contribution in [0.25, 0.3) is 0 Å². The number of nitrogens with one attached hydrogen (secondary N) is 2. The van der Waals surface area contributed by atoms with Crippen molar-refractivity contribution in [1.29, 1.82) is 0 Å². The number of hydrogen-bond acceptors (Lipinski definition) is 9. The summed E-state index contributed by atoms with van der Waals surface area (Å²) in [6.45, 7) is 4.00. The molecule has 0 aliphatic carbocycles. The lowest BCUT2D eigenvalue weighted by Gasteiger charge is -2.25. The first-order valence-corrected chi connectivity index (χ1v) is 11.0. The molecule has 0 radical (unpaired) electrons. The zero-order valence-corrected chi connectivity index (χ0v) is 17.7. The predicted octanol–water partition coefficient (Wildman–Crippen LogP) is 0.837. The second-order valence-corrected chi connectivity index (χ2v) is 8.84. The molecule has 2 N–H and O–H groups in total. The SMILES string of the molecule is COC(=O)c1ccc(F)c(S(=O)(=O)NNC(=O)c2sc(N3CCOCC3)nc2C)c1. The van der Waals surface area contributed by atoms with Crippen LogP contribution in [0.15, 0.2) is 23.1 Å². The number of anilines is 1. The Balaban J connectivity index is 1.74. The summed E-state index contributed by atoms with van der Waals surface area (Å²) in [7, 11) is -3.38. The highest BCUT2D eigenvalue weighted by molar-refractivity contribution is 7.89. The van der Waals surface area contributed by atoms with Gasteiger partial charge in [-0.05, 0) is 25.1 Å². The number of nitrogens with zero attached hydrogens (tertiary/aromatic N) is 2. The summed E-state index contributed by atoms with van der Waals surface area (Å²) in [6, 6.07) is 2.74. The Labute approximate surface area is 176 Å². The van der Waals surface area contributed by atoms with Crippen molar-refractivity contribution in [3.05, 3.63) is 40.2 Å². The molecule has 10 nitrogen and oxygen atoms in total. The molecule has 1 aliphatic heterocycles. The average Bonchev–Trinajstić information content (AvgIpc) is 3.14. The number of aromatic nitrogens is 1. The van der Waals surface area contributed by atoms with Crippen molar-refractivity contribution in [2.45, 2.75) is 11.8 Å². The predicted molar refractivity (Wildman–Crippen MR) is 105 cm³/mol. The quantitative estimate of drug-likeness (QED) is 0.482. The summed E-state index contributed by atoms with van der Waals surface area (Å²) in [5, 5.41) is 0.626.